The summed E-state index contributed by atoms with van der Waals surface area (Å²) in [7, 11) is 0. The molecule has 0 fully saturated rings. The zero-order valence-electron chi connectivity index (χ0n) is 16.6. The van der Waals surface area contributed by atoms with Gasteiger partial charge in [-0.3, -0.25) is 4.48 Å². The fraction of sp³-hybridized carbons (Fsp3) is 0.864. The predicted molar refractivity (Wildman–Crippen MR) is 108 cm³/mol. The van der Waals surface area contributed by atoms with Crippen LogP contribution in [-0.2, 0) is 0 Å². The first-order valence-corrected chi connectivity index (χ1v) is 10.9. The molecular formula is C22H43N2+. The van der Waals surface area contributed by atoms with Gasteiger partial charge >= 0.3 is 0 Å². The molecular weight excluding hydrogens is 292 g/mol. The molecule has 1 aliphatic rings. The monoisotopic (exact) mass is 335 g/mol. The van der Waals surface area contributed by atoms with Gasteiger partial charge in [0.25, 0.3) is 0 Å². The molecule has 140 valence electrons. The molecule has 0 aromatic heterocycles. The second-order valence-corrected chi connectivity index (χ2v) is 7.58. The number of nitrogens with zero attached hydrogens (tertiary/aromatic N) is 2. The maximum absolute atomic E-state index is 4.39. The highest BCUT2D eigenvalue weighted by molar-refractivity contribution is 5.49. The molecule has 1 atom stereocenters. The molecule has 24 heavy (non-hydrogen) atoms. The van der Waals surface area contributed by atoms with E-state index in [9.17, 15) is 0 Å². The van der Waals surface area contributed by atoms with E-state index in [2.05, 4.69) is 37.5 Å². The van der Waals surface area contributed by atoms with E-state index >= 15 is 0 Å². The normalized spacial score (nSPS) is 20.4. The molecule has 0 aromatic rings. The summed E-state index contributed by atoms with van der Waals surface area (Å²) in [5, 5.41) is 0. The van der Waals surface area contributed by atoms with Crippen LogP contribution in [0.4, 0.5) is 0 Å². The molecule has 0 radical (unpaired) electrons. The quantitative estimate of drug-likeness (QED) is 0.216. The lowest BCUT2D eigenvalue weighted by atomic mass is 10.0. The molecule has 2 heteroatoms. The van der Waals surface area contributed by atoms with E-state index in [-0.39, 0.29) is 0 Å². The first kappa shape index (κ1) is 21.4. The summed E-state index contributed by atoms with van der Waals surface area (Å²) < 4.78 is 0.971. The summed E-state index contributed by atoms with van der Waals surface area (Å²) in [6.07, 6.45) is 26.8. The van der Waals surface area contributed by atoms with Gasteiger partial charge in [0.2, 0.25) is 0 Å². The Bertz CT molecular complexity index is 335. The zero-order valence-corrected chi connectivity index (χ0v) is 16.6. The van der Waals surface area contributed by atoms with Crippen LogP contribution in [0, 0.1) is 0 Å². The summed E-state index contributed by atoms with van der Waals surface area (Å²) in [6, 6.07) is 0. The van der Waals surface area contributed by atoms with Crippen LogP contribution in [0.25, 0.3) is 0 Å². The topological polar surface area (TPSA) is 12.4 Å². The van der Waals surface area contributed by atoms with Crippen molar-refractivity contribution in [1.29, 1.82) is 0 Å². The van der Waals surface area contributed by atoms with Crippen LogP contribution in [-0.4, -0.2) is 30.5 Å². The maximum atomic E-state index is 4.39. The third kappa shape index (κ3) is 10.3. The number of allylic oxidation sites excluding steroid dienone is 1. The second kappa shape index (κ2) is 14.7. The molecule has 2 nitrogen and oxygen atoms in total. The number of rotatable bonds is 16. The van der Waals surface area contributed by atoms with E-state index in [0.29, 0.717) is 0 Å². The Morgan fingerprint density at radius 1 is 0.792 bits per heavy atom. The van der Waals surface area contributed by atoms with Gasteiger partial charge in [0.1, 0.15) is 6.54 Å². The van der Waals surface area contributed by atoms with E-state index < -0.39 is 0 Å². The van der Waals surface area contributed by atoms with E-state index in [0.717, 1.165) is 24.1 Å². The Hall–Kier alpha value is -0.630. The van der Waals surface area contributed by atoms with Crippen LogP contribution in [0.2, 0.25) is 0 Å². The molecule has 1 rings (SSSR count). The molecule has 1 aliphatic heterocycles. The van der Waals surface area contributed by atoms with Crippen molar-refractivity contribution in [2.45, 2.75) is 104 Å². The average Bonchev–Trinajstić information content (AvgIpc) is 3.08. The van der Waals surface area contributed by atoms with E-state index in [1.54, 1.807) is 0 Å². The van der Waals surface area contributed by atoms with Crippen molar-refractivity contribution in [3.63, 3.8) is 0 Å². The van der Waals surface area contributed by atoms with Crippen LogP contribution < -0.4 is 0 Å². The molecule has 0 spiro atoms. The average molecular weight is 336 g/mol. The summed E-state index contributed by atoms with van der Waals surface area (Å²) in [5.74, 6) is 0. The van der Waals surface area contributed by atoms with Crippen molar-refractivity contribution in [1.82, 2.24) is 0 Å². The first-order chi connectivity index (χ1) is 11.8. The number of hydrogen-bond acceptors (Lipinski definition) is 1. The summed E-state index contributed by atoms with van der Waals surface area (Å²) >= 11 is 0. The van der Waals surface area contributed by atoms with Crippen molar-refractivity contribution < 1.29 is 4.48 Å². The lowest BCUT2D eigenvalue weighted by Gasteiger charge is -2.23. The zero-order chi connectivity index (χ0) is 17.3. The number of likely N-dealkylation sites (N-methyl/N-ethyl adjacent to an activating group) is 1. The highest BCUT2D eigenvalue weighted by Gasteiger charge is 2.23. The SMILES string of the molecule is CCCCCCCCCCCCCCCC=C[N+]1(CC)C=NCC1. The van der Waals surface area contributed by atoms with Crippen LogP contribution in [0.5, 0.6) is 0 Å². The van der Waals surface area contributed by atoms with Crippen LogP contribution in [0.1, 0.15) is 104 Å². The molecule has 0 saturated heterocycles. The van der Waals surface area contributed by atoms with Gasteiger partial charge in [0, 0.05) is 0 Å². The minimum Gasteiger partial charge on any atom is -0.254 e. The molecule has 0 aliphatic carbocycles. The third-order valence-corrected chi connectivity index (χ3v) is 5.42. The van der Waals surface area contributed by atoms with Crippen LogP contribution in [0.15, 0.2) is 17.3 Å². The Kier molecular flexibility index (Phi) is 13.1. The van der Waals surface area contributed by atoms with Crippen LogP contribution in [0.3, 0.4) is 0 Å². The van der Waals surface area contributed by atoms with Gasteiger partial charge in [-0.05, 0) is 25.8 Å². The Labute approximate surface area is 152 Å². The largest absolute Gasteiger partial charge is 0.254 e. The maximum Gasteiger partial charge on any atom is 0.190 e. The van der Waals surface area contributed by atoms with Crippen molar-refractivity contribution in [2.24, 2.45) is 4.99 Å². The van der Waals surface area contributed by atoms with Gasteiger partial charge in [0.15, 0.2) is 6.34 Å². The van der Waals surface area contributed by atoms with Gasteiger partial charge in [-0.25, -0.2) is 4.99 Å². The smallest absolute Gasteiger partial charge is 0.190 e. The van der Waals surface area contributed by atoms with E-state index in [1.165, 1.54) is 89.9 Å². The standard InChI is InChI=1S/C22H43N2/c1-3-5-6-7-8-9-10-11-12-13-14-15-16-17-18-20-24(4-2)21-19-23-22-24/h18,20,22H,3-17,19,21H2,1-2H3/q+1. The lowest BCUT2D eigenvalue weighted by Crippen LogP contribution is -2.39. The third-order valence-electron chi connectivity index (χ3n) is 5.42. The highest BCUT2D eigenvalue weighted by atomic mass is 15.4. The van der Waals surface area contributed by atoms with Crippen LogP contribution >= 0.6 is 0 Å². The molecule has 0 bridgehead atoms. The fourth-order valence-corrected chi connectivity index (χ4v) is 3.54. The van der Waals surface area contributed by atoms with Gasteiger partial charge < -0.3 is 0 Å². The summed E-state index contributed by atoms with van der Waals surface area (Å²) in [6.45, 7) is 7.84. The molecule has 1 heterocycles. The van der Waals surface area contributed by atoms with Gasteiger partial charge in [-0.1, -0.05) is 84.0 Å². The Balaban J connectivity index is 1.81. The number of aliphatic imine (C=N–C) groups is 1. The lowest BCUT2D eigenvalue weighted by molar-refractivity contribution is -0.772. The minimum absolute atomic E-state index is 0.971. The number of quaternary nitrogens is 1. The van der Waals surface area contributed by atoms with Gasteiger partial charge in [-0.2, -0.15) is 0 Å². The molecule has 0 amide bonds. The van der Waals surface area contributed by atoms with E-state index in [4.69, 9.17) is 0 Å². The molecule has 0 aromatic carbocycles. The Morgan fingerprint density at radius 2 is 1.33 bits per heavy atom. The van der Waals surface area contributed by atoms with Crippen molar-refractivity contribution in [3.05, 3.63) is 12.3 Å². The fourth-order valence-electron chi connectivity index (χ4n) is 3.54. The summed E-state index contributed by atoms with van der Waals surface area (Å²) in [5.41, 5.74) is 0. The van der Waals surface area contributed by atoms with Crippen molar-refractivity contribution >= 4 is 6.34 Å². The molecule has 0 N–H and O–H groups in total. The predicted octanol–water partition coefficient (Wildman–Crippen LogP) is 6.86. The molecule has 0 saturated carbocycles. The van der Waals surface area contributed by atoms with Gasteiger partial charge in [-0.15, -0.1) is 0 Å². The Morgan fingerprint density at radius 3 is 1.79 bits per heavy atom. The minimum atomic E-state index is 0.971. The first-order valence-electron chi connectivity index (χ1n) is 10.9. The van der Waals surface area contributed by atoms with Gasteiger partial charge in [0.05, 0.1) is 19.3 Å². The highest BCUT2D eigenvalue weighted by Crippen LogP contribution is 2.14. The van der Waals surface area contributed by atoms with Crippen molar-refractivity contribution in [2.75, 3.05) is 19.6 Å². The molecule has 1 unspecified atom stereocenters. The van der Waals surface area contributed by atoms with E-state index in [1.807, 2.05) is 0 Å². The second-order valence-electron chi connectivity index (χ2n) is 7.58. The number of unbranched alkanes of at least 4 members (excludes halogenated alkanes) is 13. The summed E-state index contributed by atoms with van der Waals surface area (Å²) in [4.78, 5) is 4.39. The van der Waals surface area contributed by atoms with Crippen molar-refractivity contribution in [3.8, 4) is 0 Å². The number of hydrogen-bond donors (Lipinski definition) is 0.